The number of nitriles is 1. The first kappa shape index (κ1) is 20.4. The molecule has 6 nitrogen and oxygen atoms in total. The first-order valence-corrected chi connectivity index (χ1v) is 9.43. The van der Waals surface area contributed by atoms with Crippen molar-refractivity contribution in [2.75, 3.05) is 40.5 Å². The van der Waals surface area contributed by atoms with Crippen LogP contribution in [0.4, 0.5) is 0 Å². The van der Waals surface area contributed by atoms with Crippen molar-refractivity contribution in [3.63, 3.8) is 0 Å². The largest absolute Gasteiger partial charge is 0.493 e. The number of hydrogen-bond acceptors (Lipinski definition) is 5. The summed E-state index contributed by atoms with van der Waals surface area (Å²) in [4.78, 5) is 14.7. The van der Waals surface area contributed by atoms with Gasteiger partial charge in [0.25, 0.3) is 0 Å². The Morgan fingerprint density at radius 1 is 1.07 bits per heavy atom. The van der Waals surface area contributed by atoms with E-state index in [0.717, 1.165) is 22.3 Å². The molecule has 1 aliphatic heterocycles. The lowest BCUT2D eigenvalue weighted by molar-refractivity contribution is -0.129. The van der Waals surface area contributed by atoms with Crippen LogP contribution in [0.3, 0.4) is 0 Å². The molecule has 1 amide bonds. The Bertz CT molecular complexity index is 923. The monoisotopic (exact) mass is 392 g/mol. The highest BCUT2D eigenvalue weighted by atomic mass is 16.5. The summed E-state index contributed by atoms with van der Waals surface area (Å²) in [6.07, 6.45) is 2.01. The number of benzene rings is 2. The van der Waals surface area contributed by atoms with Crippen molar-refractivity contribution in [3.8, 4) is 17.6 Å². The maximum Gasteiger partial charge on any atom is 0.247 e. The number of amides is 1. The van der Waals surface area contributed by atoms with Crippen LogP contribution in [0.1, 0.15) is 16.7 Å². The van der Waals surface area contributed by atoms with Gasteiger partial charge < -0.3 is 19.1 Å². The molecule has 29 heavy (non-hydrogen) atoms. The molecule has 0 aromatic heterocycles. The molecule has 1 fully saturated rings. The molecule has 0 bridgehead atoms. The van der Waals surface area contributed by atoms with E-state index in [1.54, 1.807) is 25.2 Å². The molecular weight excluding hydrogens is 368 g/mol. The molecular formula is C23H24N2O4. The molecule has 0 aliphatic carbocycles. The first-order valence-electron chi connectivity index (χ1n) is 9.43. The predicted octanol–water partition coefficient (Wildman–Crippen LogP) is 3.06. The summed E-state index contributed by atoms with van der Waals surface area (Å²) < 4.78 is 16.1. The molecule has 2 aromatic carbocycles. The third kappa shape index (κ3) is 4.95. The van der Waals surface area contributed by atoms with Crippen LogP contribution in [0.15, 0.2) is 48.5 Å². The Kier molecular flexibility index (Phi) is 6.88. The second kappa shape index (κ2) is 9.76. The summed E-state index contributed by atoms with van der Waals surface area (Å²) in [6, 6.07) is 15.4. The van der Waals surface area contributed by atoms with Gasteiger partial charge in [-0.05, 0) is 34.4 Å². The SMILES string of the molecule is COc1ccc(/C(=C\C(=O)N2CCOCC2)c2ccc(CC#N)cc2)cc1OC. The highest BCUT2D eigenvalue weighted by Gasteiger charge is 2.18. The molecule has 1 saturated heterocycles. The van der Waals surface area contributed by atoms with E-state index in [2.05, 4.69) is 6.07 Å². The van der Waals surface area contributed by atoms with Gasteiger partial charge in [0, 0.05) is 19.2 Å². The average Bonchev–Trinajstić information content (AvgIpc) is 2.78. The van der Waals surface area contributed by atoms with E-state index >= 15 is 0 Å². The lowest BCUT2D eigenvalue weighted by Gasteiger charge is -2.26. The van der Waals surface area contributed by atoms with Gasteiger partial charge in [-0.1, -0.05) is 30.3 Å². The Hall–Kier alpha value is -3.30. The number of carbonyl (C=O) groups is 1. The fourth-order valence-corrected chi connectivity index (χ4v) is 3.23. The summed E-state index contributed by atoms with van der Waals surface area (Å²) >= 11 is 0. The number of morpholine rings is 1. The normalized spacial score (nSPS) is 14.2. The standard InChI is InChI=1S/C23H24N2O4/c1-27-21-8-7-19(15-22(21)28-2)20(16-23(26)25-11-13-29-14-12-25)18-5-3-17(4-6-18)9-10-24/h3-8,15-16H,9,11-14H2,1-2H3/b20-16-. The molecule has 150 valence electrons. The van der Waals surface area contributed by atoms with Crippen LogP contribution in [0.5, 0.6) is 11.5 Å². The van der Waals surface area contributed by atoms with Crippen LogP contribution in [0.25, 0.3) is 5.57 Å². The minimum atomic E-state index is -0.0563. The lowest BCUT2D eigenvalue weighted by Crippen LogP contribution is -2.39. The zero-order valence-electron chi connectivity index (χ0n) is 16.7. The Labute approximate surface area is 170 Å². The van der Waals surface area contributed by atoms with Gasteiger partial charge in [-0.25, -0.2) is 0 Å². The topological polar surface area (TPSA) is 71.8 Å². The van der Waals surface area contributed by atoms with Crippen molar-refractivity contribution in [3.05, 3.63) is 65.2 Å². The second-order valence-corrected chi connectivity index (χ2v) is 6.60. The van der Waals surface area contributed by atoms with Gasteiger partial charge in [-0.2, -0.15) is 5.26 Å². The molecule has 2 aromatic rings. The van der Waals surface area contributed by atoms with Crippen molar-refractivity contribution in [1.29, 1.82) is 5.26 Å². The fourth-order valence-electron chi connectivity index (χ4n) is 3.23. The van der Waals surface area contributed by atoms with E-state index in [9.17, 15) is 4.79 Å². The maximum atomic E-state index is 12.9. The highest BCUT2D eigenvalue weighted by molar-refractivity contribution is 5.99. The Balaban J connectivity index is 2.02. The van der Waals surface area contributed by atoms with Gasteiger partial charge in [-0.15, -0.1) is 0 Å². The molecule has 0 atom stereocenters. The van der Waals surface area contributed by atoms with Gasteiger partial charge in [0.1, 0.15) is 0 Å². The van der Waals surface area contributed by atoms with Crippen LogP contribution in [-0.4, -0.2) is 51.3 Å². The predicted molar refractivity (Wildman–Crippen MR) is 110 cm³/mol. The van der Waals surface area contributed by atoms with E-state index in [1.807, 2.05) is 42.5 Å². The first-order chi connectivity index (χ1) is 14.2. The summed E-state index contributed by atoms with van der Waals surface area (Å²) in [5, 5.41) is 8.90. The third-order valence-electron chi connectivity index (χ3n) is 4.83. The van der Waals surface area contributed by atoms with Crippen LogP contribution in [0, 0.1) is 11.3 Å². The van der Waals surface area contributed by atoms with E-state index < -0.39 is 0 Å². The van der Waals surface area contributed by atoms with Crippen molar-refractivity contribution in [2.45, 2.75) is 6.42 Å². The van der Waals surface area contributed by atoms with Crippen LogP contribution in [0.2, 0.25) is 0 Å². The zero-order valence-corrected chi connectivity index (χ0v) is 16.7. The molecule has 6 heteroatoms. The number of methoxy groups -OCH3 is 2. The maximum absolute atomic E-state index is 12.9. The smallest absolute Gasteiger partial charge is 0.247 e. The quantitative estimate of drug-likeness (QED) is 0.707. The number of nitrogens with zero attached hydrogens (tertiary/aromatic N) is 2. The molecule has 0 unspecified atom stereocenters. The Morgan fingerprint density at radius 3 is 2.34 bits per heavy atom. The van der Waals surface area contributed by atoms with Gasteiger partial charge in [-0.3, -0.25) is 4.79 Å². The molecule has 3 rings (SSSR count). The van der Waals surface area contributed by atoms with E-state index in [1.165, 1.54) is 0 Å². The van der Waals surface area contributed by atoms with Gasteiger partial charge in [0.05, 0.1) is 39.9 Å². The molecule has 0 saturated carbocycles. The van der Waals surface area contributed by atoms with Gasteiger partial charge >= 0.3 is 0 Å². The zero-order chi connectivity index (χ0) is 20.6. The third-order valence-corrected chi connectivity index (χ3v) is 4.83. The van der Waals surface area contributed by atoms with Crippen LogP contribution in [-0.2, 0) is 16.0 Å². The summed E-state index contributed by atoms with van der Waals surface area (Å²) in [7, 11) is 3.17. The molecule has 0 spiro atoms. The second-order valence-electron chi connectivity index (χ2n) is 6.60. The summed E-state index contributed by atoms with van der Waals surface area (Å²) in [6.45, 7) is 2.26. The lowest BCUT2D eigenvalue weighted by atomic mass is 9.95. The molecule has 0 radical (unpaired) electrons. The fraction of sp³-hybridized carbons (Fsp3) is 0.304. The van der Waals surface area contributed by atoms with Crippen molar-refractivity contribution in [1.82, 2.24) is 4.90 Å². The summed E-state index contributed by atoms with van der Waals surface area (Å²) in [5.41, 5.74) is 3.45. The number of ether oxygens (including phenoxy) is 3. The van der Waals surface area contributed by atoms with E-state index in [0.29, 0.717) is 44.2 Å². The number of carbonyl (C=O) groups excluding carboxylic acids is 1. The molecule has 1 heterocycles. The van der Waals surface area contributed by atoms with E-state index in [-0.39, 0.29) is 5.91 Å². The number of rotatable bonds is 6. The van der Waals surface area contributed by atoms with Crippen LogP contribution < -0.4 is 9.47 Å². The average molecular weight is 392 g/mol. The number of hydrogen-bond donors (Lipinski definition) is 0. The highest BCUT2D eigenvalue weighted by Crippen LogP contribution is 2.33. The van der Waals surface area contributed by atoms with E-state index in [4.69, 9.17) is 19.5 Å². The minimum Gasteiger partial charge on any atom is -0.493 e. The minimum absolute atomic E-state index is 0.0563. The molecule has 1 aliphatic rings. The van der Waals surface area contributed by atoms with Crippen molar-refractivity contribution < 1.29 is 19.0 Å². The summed E-state index contributed by atoms with van der Waals surface area (Å²) in [5.74, 6) is 1.16. The van der Waals surface area contributed by atoms with Gasteiger partial charge in [0.2, 0.25) is 5.91 Å². The van der Waals surface area contributed by atoms with Crippen molar-refractivity contribution >= 4 is 11.5 Å². The van der Waals surface area contributed by atoms with Crippen LogP contribution >= 0.6 is 0 Å². The molecule has 0 N–H and O–H groups in total. The van der Waals surface area contributed by atoms with Gasteiger partial charge in [0.15, 0.2) is 11.5 Å². The van der Waals surface area contributed by atoms with Crippen molar-refractivity contribution in [2.24, 2.45) is 0 Å². The Morgan fingerprint density at radius 2 is 1.72 bits per heavy atom.